The van der Waals surface area contributed by atoms with Crippen LogP contribution >= 0.6 is 27.5 Å². The van der Waals surface area contributed by atoms with E-state index in [0.29, 0.717) is 22.8 Å². The number of carbonyl (C=O) groups is 1. The fraction of sp³-hybridized carbons (Fsp3) is 0.462. The van der Waals surface area contributed by atoms with Crippen LogP contribution in [0.4, 0.5) is 5.69 Å². The molecule has 2 fully saturated rings. The smallest absolute Gasteiger partial charge is 0.229 e. The Bertz CT molecular complexity index is 494. The summed E-state index contributed by atoms with van der Waals surface area (Å²) in [5, 5.41) is 6.98. The zero-order chi connectivity index (χ0) is 12.7. The number of halogens is 2. The Hall–Kier alpha value is -0.580. The quantitative estimate of drug-likeness (QED) is 0.875. The molecule has 18 heavy (non-hydrogen) atoms. The Labute approximate surface area is 119 Å². The standard InChI is InChI=1S/C13H14BrClN2O/c14-7-1-3-10(15)12(5-7)17-13(18)9-6-8-2-4-11(9)16-8/h1,3,5,8-9,11,16H,2,4,6H2,(H,17,18). The molecule has 2 aliphatic rings. The maximum Gasteiger partial charge on any atom is 0.229 e. The van der Waals surface area contributed by atoms with Crippen molar-refractivity contribution in [2.45, 2.75) is 31.3 Å². The van der Waals surface area contributed by atoms with Crippen molar-refractivity contribution in [2.24, 2.45) is 5.92 Å². The summed E-state index contributed by atoms with van der Waals surface area (Å²) in [6.07, 6.45) is 3.25. The monoisotopic (exact) mass is 328 g/mol. The number of benzene rings is 1. The van der Waals surface area contributed by atoms with Gasteiger partial charge < -0.3 is 10.6 Å². The van der Waals surface area contributed by atoms with Gasteiger partial charge in [0.05, 0.1) is 16.6 Å². The third-order valence-electron chi connectivity index (χ3n) is 3.82. The van der Waals surface area contributed by atoms with Crippen molar-refractivity contribution in [3.63, 3.8) is 0 Å². The summed E-state index contributed by atoms with van der Waals surface area (Å²) in [4.78, 5) is 12.2. The molecule has 3 nitrogen and oxygen atoms in total. The summed E-state index contributed by atoms with van der Waals surface area (Å²) in [6, 6.07) is 6.35. The van der Waals surface area contributed by atoms with Gasteiger partial charge in [-0.1, -0.05) is 27.5 Å². The van der Waals surface area contributed by atoms with E-state index in [1.54, 1.807) is 6.07 Å². The number of rotatable bonds is 2. The second kappa shape index (κ2) is 4.83. The van der Waals surface area contributed by atoms with Crippen molar-refractivity contribution in [2.75, 3.05) is 5.32 Å². The predicted molar refractivity (Wildman–Crippen MR) is 75.8 cm³/mol. The number of anilines is 1. The normalized spacial score (nSPS) is 29.6. The summed E-state index contributed by atoms with van der Waals surface area (Å²) in [5.74, 6) is 0.161. The van der Waals surface area contributed by atoms with Gasteiger partial charge in [-0.05, 0) is 37.5 Å². The number of nitrogens with one attached hydrogen (secondary N) is 2. The van der Waals surface area contributed by atoms with Crippen molar-refractivity contribution in [3.05, 3.63) is 27.7 Å². The largest absolute Gasteiger partial charge is 0.324 e. The highest BCUT2D eigenvalue weighted by Crippen LogP contribution is 2.34. The molecule has 1 amide bonds. The predicted octanol–water partition coefficient (Wildman–Crippen LogP) is 3.18. The number of hydrogen-bond acceptors (Lipinski definition) is 2. The molecule has 0 radical (unpaired) electrons. The number of fused-ring (bicyclic) bond motifs is 2. The van der Waals surface area contributed by atoms with Crippen LogP contribution in [0.5, 0.6) is 0 Å². The van der Waals surface area contributed by atoms with Gasteiger partial charge in [0.15, 0.2) is 0 Å². The van der Waals surface area contributed by atoms with Gasteiger partial charge in [0.2, 0.25) is 5.91 Å². The summed E-state index contributed by atoms with van der Waals surface area (Å²) in [7, 11) is 0. The SMILES string of the molecule is O=C(Nc1cc(Br)ccc1Cl)C1CC2CCC1N2. The molecule has 2 N–H and O–H groups in total. The first-order chi connectivity index (χ1) is 8.63. The molecule has 3 rings (SSSR count). The number of amides is 1. The van der Waals surface area contributed by atoms with Crippen LogP contribution in [0.3, 0.4) is 0 Å². The summed E-state index contributed by atoms with van der Waals surface area (Å²) in [5.41, 5.74) is 0.679. The maximum atomic E-state index is 12.2. The zero-order valence-electron chi connectivity index (χ0n) is 9.75. The summed E-state index contributed by atoms with van der Waals surface area (Å²) in [6.45, 7) is 0. The van der Waals surface area contributed by atoms with Gasteiger partial charge in [0, 0.05) is 16.6 Å². The minimum Gasteiger partial charge on any atom is -0.324 e. The zero-order valence-corrected chi connectivity index (χ0v) is 12.1. The lowest BCUT2D eigenvalue weighted by atomic mass is 9.88. The van der Waals surface area contributed by atoms with Crippen molar-refractivity contribution in [3.8, 4) is 0 Å². The molecule has 2 aliphatic heterocycles. The first kappa shape index (κ1) is 12.5. The average Bonchev–Trinajstić information content (AvgIpc) is 2.96. The Kier molecular flexibility index (Phi) is 3.34. The second-order valence-electron chi connectivity index (χ2n) is 5.00. The first-order valence-electron chi connectivity index (χ1n) is 6.15. The van der Waals surface area contributed by atoms with Crippen LogP contribution in [0.1, 0.15) is 19.3 Å². The van der Waals surface area contributed by atoms with Gasteiger partial charge in [0.25, 0.3) is 0 Å². The molecule has 2 heterocycles. The highest BCUT2D eigenvalue weighted by atomic mass is 79.9. The third-order valence-corrected chi connectivity index (χ3v) is 4.65. The first-order valence-corrected chi connectivity index (χ1v) is 7.32. The Morgan fingerprint density at radius 2 is 2.28 bits per heavy atom. The molecule has 2 bridgehead atoms. The molecular weight excluding hydrogens is 316 g/mol. The van der Waals surface area contributed by atoms with E-state index in [2.05, 4.69) is 26.6 Å². The number of carbonyl (C=O) groups excluding carboxylic acids is 1. The van der Waals surface area contributed by atoms with E-state index in [4.69, 9.17) is 11.6 Å². The summed E-state index contributed by atoms with van der Waals surface area (Å²) < 4.78 is 0.910. The van der Waals surface area contributed by atoms with Gasteiger partial charge in [-0.25, -0.2) is 0 Å². The molecule has 3 unspecified atom stereocenters. The lowest BCUT2D eigenvalue weighted by molar-refractivity contribution is -0.120. The van der Waals surface area contributed by atoms with Crippen LogP contribution in [0, 0.1) is 5.92 Å². The topological polar surface area (TPSA) is 41.1 Å². The molecule has 5 heteroatoms. The van der Waals surface area contributed by atoms with Gasteiger partial charge >= 0.3 is 0 Å². The molecule has 2 saturated heterocycles. The Morgan fingerprint density at radius 1 is 1.44 bits per heavy atom. The fourth-order valence-corrected chi connectivity index (χ4v) is 3.46. The highest BCUT2D eigenvalue weighted by Gasteiger charge is 2.42. The van der Waals surface area contributed by atoms with Crippen molar-refractivity contribution < 1.29 is 4.79 Å². The highest BCUT2D eigenvalue weighted by molar-refractivity contribution is 9.10. The second-order valence-corrected chi connectivity index (χ2v) is 6.33. The van der Waals surface area contributed by atoms with Crippen LogP contribution in [0.25, 0.3) is 0 Å². The molecule has 1 aromatic carbocycles. The average molecular weight is 330 g/mol. The van der Waals surface area contributed by atoms with E-state index < -0.39 is 0 Å². The van der Waals surface area contributed by atoms with Gasteiger partial charge in [0.1, 0.15) is 0 Å². The molecule has 0 saturated carbocycles. The lowest BCUT2D eigenvalue weighted by Gasteiger charge is -2.19. The molecule has 0 spiro atoms. The van der Waals surface area contributed by atoms with Crippen molar-refractivity contribution in [1.29, 1.82) is 0 Å². The van der Waals surface area contributed by atoms with Crippen LogP contribution in [-0.2, 0) is 4.79 Å². The van der Waals surface area contributed by atoms with Gasteiger partial charge in [-0.15, -0.1) is 0 Å². The van der Waals surface area contributed by atoms with E-state index in [1.807, 2.05) is 12.1 Å². The minimum atomic E-state index is 0.0784. The van der Waals surface area contributed by atoms with E-state index >= 15 is 0 Å². The summed E-state index contributed by atoms with van der Waals surface area (Å²) >= 11 is 9.45. The third kappa shape index (κ3) is 2.29. The lowest BCUT2D eigenvalue weighted by Crippen LogP contribution is -2.32. The molecule has 0 aromatic heterocycles. The molecule has 96 valence electrons. The molecule has 1 aromatic rings. The van der Waals surface area contributed by atoms with Crippen LogP contribution < -0.4 is 10.6 Å². The van der Waals surface area contributed by atoms with Crippen molar-refractivity contribution >= 4 is 39.1 Å². The Balaban J connectivity index is 1.72. The van der Waals surface area contributed by atoms with E-state index in [-0.39, 0.29) is 11.8 Å². The van der Waals surface area contributed by atoms with E-state index in [0.717, 1.165) is 17.3 Å². The minimum absolute atomic E-state index is 0.0784. The van der Waals surface area contributed by atoms with Crippen LogP contribution in [0.2, 0.25) is 5.02 Å². The van der Waals surface area contributed by atoms with Crippen LogP contribution in [-0.4, -0.2) is 18.0 Å². The molecule has 0 aliphatic carbocycles. The molecular formula is C13H14BrClN2O. The van der Waals surface area contributed by atoms with Gasteiger partial charge in [-0.2, -0.15) is 0 Å². The fourth-order valence-electron chi connectivity index (χ4n) is 2.93. The van der Waals surface area contributed by atoms with Crippen LogP contribution in [0.15, 0.2) is 22.7 Å². The maximum absolute atomic E-state index is 12.2. The van der Waals surface area contributed by atoms with Gasteiger partial charge in [-0.3, -0.25) is 4.79 Å². The van der Waals surface area contributed by atoms with Crippen molar-refractivity contribution in [1.82, 2.24) is 5.32 Å². The Morgan fingerprint density at radius 3 is 2.94 bits per heavy atom. The number of hydrogen-bond donors (Lipinski definition) is 2. The molecule has 3 atom stereocenters. The van der Waals surface area contributed by atoms with E-state index in [1.165, 1.54) is 6.42 Å². The van der Waals surface area contributed by atoms with E-state index in [9.17, 15) is 4.79 Å².